The van der Waals surface area contributed by atoms with Gasteiger partial charge in [0.1, 0.15) is 5.82 Å². The molecule has 1 aromatic heterocycles. The summed E-state index contributed by atoms with van der Waals surface area (Å²) in [6.07, 6.45) is 5.64. The van der Waals surface area contributed by atoms with E-state index in [-0.39, 0.29) is 5.92 Å². The van der Waals surface area contributed by atoms with Gasteiger partial charge in [-0.3, -0.25) is 14.3 Å². The van der Waals surface area contributed by atoms with E-state index in [1.165, 1.54) is 6.42 Å². The highest BCUT2D eigenvalue weighted by Gasteiger charge is 2.30. The minimum atomic E-state index is 0.123. The number of likely N-dealkylation sites (tertiary alicyclic amines) is 2. The van der Waals surface area contributed by atoms with Crippen molar-refractivity contribution in [1.29, 1.82) is 0 Å². The first-order valence-electron chi connectivity index (χ1n) is 11.4. The number of carbonyl (C=O) groups excluding carboxylic acids is 1. The molecule has 3 heterocycles. The maximum absolute atomic E-state index is 13.1. The predicted molar refractivity (Wildman–Crippen MR) is 127 cm³/mol. The summed E-state index contributed by atoms with van der Waals surface area (Å²) < 4.78 is 3.33. The zero-order chi connectivity index (χ0) is 21.2. The molecule has 2 fully saturated rings. The van der Waals surface area contributed by atoms with Gasteiger partial charge in [-0.2, -0.15) is 0 Å². The molecule has 1 atom stereocenters. The summed E-state index contributed by atoms with van der Waals surface area (Å²) in [5, 5.41) is 0. The quantitative estimate of drug-likeness (QED) is 0.526. The Morgan fingerprint density at radius 2 is 1.74 bits per heavy atom. The molecule has 5 nitrogen and oxygen atoms in total. The standard InChI is InChI=1S/C25H29BrN4O/c26-20-10-12-21(13-11-20)30-23-9-3-2-8-22(23)27-24(30)18-28-14-6-7-19(17-28)25(31)29-15-4-1-5-16-29/h2-3,8-13,19H,1,4-7,14-18H2/t19-/m0/s1. The number of carbonyl (C=O) groups is 1. The van der Waals surface area contributed by atoms with Gasteiger partial charge in [-0.1, -0.05) is 28.1 Å². The summed E-state index contributed by atoms with van der Waals surface area (Å²) in [4.78, 5) is 22.6. The second-order valence-corrected chi connectivity index (χ2v) is 9.70. The first-order chi connectivity index (χ1) is 15.2. The van der Waals surface area contributed by atoms with Gasteiger partial charge in [0.25, 0.3) is 0 Å². The summed E-state index contributed by atoms with van der Waals surface area (Å²) in [6, 6.07) is 16.7. The highest BCUT2D eigenvalue weighted by Crippen LogP contribution is 2.26. The van der Waals surface area contributed by atoms with Crippen molar-refractivity contribution < 1.29 is 4.79 Å². The van der Waals surface area contributed by atoms with Gasteiger partial charge in [0, 0.05) is 29.8 Å². The molecule has 162 valence electrons. The van der Waals surface area contributed by atoms with E-state index in [0.29, 0.717) is 5.91 Å². The molecule has 2 aromatic carbocycles. The van der Waals surface area contributed by atoms with Crippen LogP contribution in [0.4, 0.5) is 0 Å². The smallest absolute Gasteiger partial charge is 0.226 e. The third-order valence-electron chi connectivity index (χ3n) is 6.60. The van der Waals surface area contributed by atoms with Crippen LogP contribution in [-0.4, -0.2) is 51.4 Å². The van der Waals surface area contributed by atoms with Crippen LogP contribution in [0.3, 0.4) is 0 Å². The average Bonchev–Trinajstić information content (AvgIpc) is 3.17. The molecule has 0 saturated carbocycles. The molecule has 0 radical (unpaired) electrons. The molecule has 0 unspecified atom stereocenters. The third-order valence-corrected chi connectivity index (χ3v) is 7.13. The Morgan fingerprint density at radius 3 is 2.55 bits per heavy atom. The van der Waals surface area contributed by atoms with Gasteiger partial charge >= 0.3 is 0 Å². The second-order valence-electron chi connectivity index (χ2n) is 8.79. The van der Waals surface area contributed by atoms with Crippen molar-refractivity contribution >= 4 is 32.9 Å². The molecule has 2 saturated heterocycles. The third kappa shape index (κ3) is 4.41. The number of amides is 1. The molecule has 2 aliphatic heterocycles. The molecule has 3 aromatic rings. The number of imidazole rings is 1. The van der Waals surface area contributed by atoms with Crippen LogP contribution in [0.15, 0.2) is 53.0 Å². The van der Waals surface area contributed by atoms with Gasteiger partial charge in [-0.25, -0.2) is 4.98 Å². The number of benzene rings is 2. The van der Waals surface area contributed by atoms with Crippen molar-refractivity contribution in [3.8, 4) is 5.69 Å². The summed E-state index contributed by atoms with van der Waals surface area (Å²) in [5.41, 5.74) is 3.25. The van der Waals surface area contributed by atoms with Crippen molar-refractivity contribution in [2.75, 3.05) is 26.2 Å². The number of piperidine rings is 2. The summed E-state index contributed by atoms with van der Waals surface area (Å²) in [6.45, 7) is 4.49. The van der Waals surface area contributed by atoms with Gasteiger partial charge in [-0.15, -0.1) is 0 Å². The first kappa shape index (κ1) is 20.7. The fourth-order valence-corrected chi connectivity index (χ4v) is 5.30. The van der Waals surface area contributed by atoms with Crippen LogP contribution in [0.25, 0.3) is 16.7 Å². The number of halogens is 1. The lowest BCUT2D eigenvalue weighted by atomic mass is 9.95. The molecule has 5 rings (SSSR count). The Kier molecular flexibility index (Phi) is 6.10. The van der Waals surface area contributed by atoms with E-state index in [2.05, 4.69) is 72.8 Å². The van der Waals surface area contributed by atoms with Crippen LogP contribution < -0.4 is 0 Å². The molecule has 0 N–H and O–H groups in total. The molecule has 31 heavy (non-hydrogen) atoms. The minimum absolute atomic E-state index is 0.123. The van der Waals surface area contributed by atoms with Gasteiger partial charge < -0.3 is 4.90 Å². The van der Waals surface area contributed by atoms with E-state index in [9.17, 15) is 4.79 Å². The van der Waals surface area contributed by atoms with Crippen LogP contribution in [0, 0.1) is 5.92 Å². The van der Waals surface area contributed by atoms with Crippen molar-refractivity contribution in [1.82, 2.24) is 19.4 Å². The van der Waals surface area contributed by atoms with Gasteiger partial charge in [0.05, 0.1) is 23.5 Å². The largest absolute Gasteiger partial charge is 0.342 e. The minimum Gasteiger partial charge on any atom is -0.342 e. The van der Waals surface area contributed by atoms with Crippen molar-refractivity contribution in [2.24, 2.45) is 5.92 Å². The number of aromatic nitrogens is 2. The molecular formula is C25H29BrN4O. The van der Waals surface area contributed by atoms with E-state index in [1.807, 2.05) is 6.07 Å². The Balaban J connectivity index is 1.39. The fourth-order valence-electron chi connectivity index (χ4n) is 5.03. The molecule has 6 heteroatoms. The SMILES string of the molecule is O=C([C@H]1CCCN(Cc2nc3ccccc3n2-c2ccc(Br)cc2)C1)N1CCCCC1. The van der Waals surface area contributed by atoms with Crippen LogP contribution in [-0.2, 0) is 11.3 Å². The van der Waals surface area contributed by atoms with E-state index in [4.69, 9.17) is 4.98 Å². The van der Waals surface area contributed by atoms with Crippen molar-refractivity contribution in [3.05, 3.63) is 58.8 Å². The molecule has 2 aliphatic rings. The van der Waals surface area contributed by atoms with E-state index < -0.39 is 0 Å². The maximum Gasteiger partial charge on any atom is 0.226 e. The number of fused-ring (bicyclic) bond motifs is 1. The van der Waals surface area contributed by atoms with Gasteiger partial charge in [0.2, 0.25) is 5.91 Å². The Bertz CT molecular complexity index is 1060. The number of rotatable bonds is 4. The van der Waals surface area contributed by atoms with E-state index >= 15 is 0 Å². The topological polar surface area (TPSA) is 41.4 Å². The predicted octanol–water partition coefficient (Wildman–Crippen LogP) is 5.01. The normalized spacial score (nSPS) is 20.3. The summed E-state index contributed by atoms with van der Waals surface area (Å²) >= 11 is 3.54. The summed E-state index contributed by atoms with van der Waals surface area (Å²) in [7, 11) is 0. The Labute approximate surface area is 192 Å². The molecule has 0 bridgehead atoms. The number of para-hydroxylation sites is 2. The number of hydrogen-bond acceptors (Lipinski definition) is 3. The van der Waals surface area contributed by atoms with Crippen LogP contribution in [0.5, 0.6) is 0 Å². The van der Waals surface area contributed by atoms with E-state index in [1.54, 1.807) is 0 Å². The van der Waals surface area contributed by atoms with Gasteiger partial charge in [0.15, 0.2) is 0 Å². The maximum atomic E-state index is 13.1. The monoisotopic (exact) mass is 480 g/mol. The van der Waals surface area contributed by atoms with Crippen LogP contribution >= 0.6 is 15.9 Å². The molecule has 0 aliphatic carbocycles. The highest BCUT2D eigenvalue weighted by molar-refractivity contribution is 9.10. The molecule has 1 amide bonds. The Morgan fingerprint density at radius 1 is 0.968 bits per heavy atom. The molecular weight excluding hydrogens is 452 g/mol. The van der Waals surface area contributed by atoms with E-state index in [0.717, 1.165) is 85.4 Å². The fraction of sp³-hybridized carbons (Fsp3) is 0.440. The Hall–Kier alpha value is -2.18. The lowest BCUT2D eigenvalue weighted by Gasteiger charge is -2.36. The zero-order valence-electron chi connectivity index (χ0n) is 17.8. The van der Waals surface area contributed by atoms with Crippen molar-refractivity contribution in [2.45, 2.75) is 38.6 Å². The zero-order valence-corrected chi connectivity index (χ0v) is 19.4. The molecule has 0 spiro atoms. The second kappa shape index (κ2) is 9.13. The lowest BCUT2D eigenvalue weighted by molar-refractivity contribution is -0.138. The van der Waals surface area contributed by atoms with Gasteiger partial charge in [-0.05, 0) is 75.0 Å². The first-order valence-corrected chi connectivity index (χ1v) is 12.2. The average molecular weight is 481 g/mol. The number of hydrogen-bond donors (Lipinski definition) is 0. The lowest BCUT2D eigenvalue weighted by Crippen LogP contribution is -2.46. The van der Waals surface area contributed by atoms with Crippen molar-refractivity contribution in [3.63, 3.8) is 0 Å². The highest BCUT2D eigenvalue weighted by atomic mass is 79.9. The number of nitrogens with zero attached hydrogens (tertiary/aromatic N) is 4. The summed E-state index contributed by atoms with van der Waals surface area (Å²) in [5.74, 6) is 1.53. The van der Waals surface area contributed by atoms with Crippen LogP contribution in [0.1, 0.15) is 37.9 Å². The van der Waals surface area contributed by atoms with Crippen LogP contribution in [0.2, 0.25) is 0 Å².